The standard InChI is InChI=1S/C24H34N2O8S/c1-4-26-14-19(24(29)30)22(28)18-13-17(7-8-20(18)26)6-5-9-25-10-11-35(31,32)34-23-15(2)12-21(27)33-16(23)3/h7-8,13-16,21,23,25,27H,4-6,9-12H2,1-3H3,(H,29,30)/t15?,16?,21-,23-/m1/s1. The number of carboxylic acid groups (broad SMARTS) is 1. The minimum absolute atomic E-state index is 0.147. The fourth-order valence-corrected chi connectivity index (χ4v) is 5.62. The van der Waals surface area contributed by atoms with Crippen molar-refractivity contribution in [1.29, 1.82) is 0 Å². The van der Waals surface area contributed by atoms with Gasteiger partial charge in [0.1, 0.15) is 11.7 Å². The fourth-order valence-electron chi connectivity index (χ4n) is 4.44. The molecule has 1 saturated heterocycles. The Bertz CT molecular complexity index is 1200. The maximum absolute atomic E-state index is 12.6. The Morgan fingerprint density at radius 3 is 2.69 bits per heavy atom. The average Bonchev–Trinajstić information content (AvgIpc) is 2.79. The van der Waals surface area contributed by atoms with Gasteiger partial charge in [0.05, 0.1) is 17.4 Å². The van der Waals surface area contributed by atoms with Gasteiger partial charge in [0.2, 0.25) is 5.43 Å². The Morgan fingerprint density at radius 1 is 1.29 bits per heavy atom. The normalized spacial score (nSPS) is 23.0. The van der Waals surface area contributed by atoms with E-state index in [9.17, 15) is 28.2 Å². The molecule has 3 N–H and O–H groups in total. The molecule has 1 fully saturated rings. The number of nitrogens with zero attached hydrogens (tertiary/aromatic N) is 1. The third-order valence-corrected chi connectivity index (χ3v) is 7.51. The van der Waals surface area contributed by atoms with Crippen LogP contribution in [-0.2, 0) is 32.0 Å². The number of pyridine rings is 1. The summed E-state index contributed by atoms with van der Waals surface area (Å²) in [6, 6.07) is 5.48. The predicted molar refractivity (Wildman–Crippen MR) is 131 cm³/mol. The number of carbonyl (C=O) groups is 1. The molecule has 11 heteroatoms. The second-order valence-electron chi connectivity index (χ2n) is 9.00. The number of fused-ring (bicyclic) bond motifs is 1. The second-order valence-corrected chi connectivity index (χ2v) is 10.7. The van der Waals surface area contributed by atoms with Crippen molar-refractivity contribution >= 4 is 27.0 Å². The summed E-state index contributed by atoms with van der Waals surface area (Å²) in [7, 11) is -3.76. The van der Waals surface area contributed by atoms with Crippen molar-refractivity contribution in [3.63, 3.8) is 0 Å². The molecule has 3 rings (SSSR count). The van der Waals surface area contributed by atoms with E-state index in [0.29, 0.717) is 43.3 Å². The molecular formula is C24H34N2O8S. The maximum Gasteiger partial charge on any atom is 0.341 e. The number of carboxylic acids is 1. The van der Waals surface area contributed by atoms with Crippen LogP contribution in [-0.4, -0.2) is 66.5 Å². The molecule has 2 aromatic rings. The lowest BCUT2D eigenvalue weighted by molar-refractivity contribution is -0.203. The first-order valence-electron chi connectivity index (χ1n) is 11.9. The van der Waals surface area contributed by atoms with Crippen LogP contribution in [0.25, 0.3) is 10.9 Å². The zero-order chi connectivity index (χ0) is 25.8. The Kier molecular flexibility index (Phi) is 9.05. The number of benzene rings is 1. The van der Waals surface area contributed by atoms with E-state index in [1.54, 1.807) is 17.6 Å². The molecular weight excluding hydrogens is 476 g/mol. The van der Waals surface area contributed by atoms with Gasteiger partial charge in [-0.3, -0.25) is 8.98 Å². The largest absolute Gasteiger partial charge is 0.477 e. The molecule has 0 bridgehead atoms. The van der Waals surface area contributed by atoms with Crippen molar-refractivity contribution in [3.8, 4) is 0 Å². The Morgan fingerprint density at radius 2 is 2.03 bits per heavy atom. The first-order valence-corrected chi connectivity index (χ1v) is 13.4. The number of aliphatic hydroxyl groups is 1. The van der Waals surface area contributed by atoms with Crippen LogP contribution in [0.1, 0.15) is 49.5 Å². The number of ether oxygens (including phenoxy) is 1. The highest BCUT2D eigenvalue weighted by Crippen LogP contribution is 2.27. The van der Waals surface area contributed by atoms with E-state index in [1.807, 2.05) is 26.0 Å². The van der Waals surface area contributed by atoms with Gasteiger partial charge in [0.15, 0.2) is 6.29 Å². The summed E-state index contributed by atoms with van der Waals surface area (Å²) in [4.78, 5) is 24.0. The minimum atomic E-state index is -3.76. The molecule has 1 aromatic carbocycles. The summed E-state index contributed by atoms with van der Waals surface area (Å²) in [6.45, 7) is 6.72. The minimum Gasteiger partial charge on any atom is -0.477 e. The lowest BCUT2D eigenvalue weighted by atomic mass is 9.94. The van der Waals surface area contributed by atoms with Crippen LogP contribution in [0.2, 0.25) is 0 Å². The lowest BCUT2D eigenvalue weighted by Crippen LogP contribution is -2.45. The molecule has 1 aliphatic rings. The van der Waals surface area contributed by atoms with Crippen LogP contribution in [0.5, 0.6) is 0 Å². The van der Waals surface area contributed by atoms with Gasteiger partial charge in [0, 0.05) is 31.1 Å². The van der Waals surface area contributed by atoms with Gasteiger partial charge in [-0.25, -0.2) is 4.79 Å². The van der Waals surface area contributed by atoms with E-state index < -0.39 is 40.0 Å². The topological polar surface area (TPSA) is 144 Å². The SMILES string of the molecule is CCn1cc(C(=O)O)c(=O)c2cc(CCCNCCS(=O)(=O)O[C@@H]3C(C)C[C@H](O)OC3C)ccc21. The third-order valence-electron chi connectivity index (χ3n) is 6.29. The summed E-state index contributed by atoms with van der Waals surface area (Å²) in [6.07, 6.45) is 0.989. The maximum atomic E-state index is 12.6. The third kappa shape index (κ3) is 6.89. The monoisotopic (exact) mass is 510 g/mol. The van der Waals surface area contributed by atoms with Crippen LogP contribution in [0.3, 0.4) is 0 Å². The molecule has 0 aliphatic carbocycles. The fraction of sp³-hybridized carbons (Fsp3) is 0.583. The van der Waals surface area contributed by atoms with Gasteiger partial charge in [-0.15, -0.1) is 0 Å². The molecule has 10 nitrogen and oxygen atoms in total. The molecule has 35 heavy (non-hydrogen) atoms. The number of hydrogen-bond donors (Lipinski definition) is 3. The summed E-state index contributed by atoms with van der Waals surface area (Å²) in [5, 5.41) is 22.4. The summed E-state index contributed by atoms with van der Waals surface area (Å²) < 4.78 is 37.1. The van der Waals surface area contributed by atoms with Gasteiger partial charge in [-0.1, -0.05) is 13.0 Å². The first kappa shape index (κ1) is 27.3. The number of aromatic carboxylic acids is 1. The van der Waals surface area contributed by atoms with Crippen molar-refractivity contribution in [2.45, 2.75) is 65.1 Å². The van der Waals surface area contributed by atoms with Crippen LogP contribution in [0.4, 0.5) is 0 Å². The number of aliphatic hydroxyl groups excluding tert-OH is 1. The Hall–Kier alpha value is -2.31. The van der Waals surface area contributed by atoms with E-state index in [2.05, 4.69) is 5.32 Å². The van der Waals surface area contributed by atoms with Gasteiger partial charge in [0.25, 0.3) is 10.1 Å². The van der Waals surface area contributed by atoms with Crippen molar-refractivity contribution in [1.82, 2.24) is 9.88 Å². The highest BCUT2D eigenvalue weighted by atomic mass is 32.2. The van der Waals surface area contributed by atoms with E-state index in [0.717, 1.165) is 5.56 Å². The molecule has 0 amide bonds. The second kappa shape index (κ2) is 11.6. The number of aryl methyl sites for hydroxylation is 2. The summed E-state index contributed by atoms with van der Waals surface area (Å²) in [5.41, 5.74) is 0.848. The smallest absolute Gasteiger partial charge is 0.341 e. The van der Waals surface area contributed by atoms with Crippen molar-refractivity contribution in [2.24, 2.45) is 5.92 Å². The van der Waals surface area contributed by atoms with Crippen molar-refractivity contribution in [2.75, 3.05) is 18.8 Å². The van der Waals surface area contributed by atoms with Crippen molar-refractivity contribution in [3.05, 3.63) is 45.7 Å². The zero-order valence-electron chi connectivity index (χ0n) is 20.3. The highest BCUT2D eigenvalue weighted by Gasteiger charge is 2.36. The molecule has 194 valence electrons. The number of rotatable bonds is 11. The Balaban J connectivity index is 1.50. The summed E-state index contributed by atoms with van der Waals surface area (Å²) >= 11 is 0. The van der Waals surface area contributed by atoms with E-state index in [1.165, 1.54) is 6.20 Å². The average molecular weight is 511 g/mol. The van der Waals surface area contributed by atoms with Gasteiger partial charge >= 0.3 is 5.97 Å². The van der Waals surface area contributed by atoms with Crippen molar-refractivity contribution < 1.29 is 32.3 Å². The van der Waals surface area contributed by atoms with Gasteiger partial charge < -0.3 is 24.8 Å². The zero-order valence-corrected chi connectivity index (χ0v) is 21.1. The summed E-state index contributed by atoms with van der Waals surface area (Å²) in [5.74, 6) is -1.58. The number of nitrogens with one attached hydrogen (secondary N) is 1. The van der Waals surface area contributed by atoms with Crippen LogP contribution >= 0.6 is 0 Å². The number of hydrogen-bond acceptors (Lipinski definition) is 8. The first-order chi connectivity index (χ1) is 16.5. The lowest BCUT2D eigenvalue weighted by Gasteiger charge is -2.36. The van der Waals surface area contributed by atoms with Crippen LogP contribution in [0.15, 0.2) is 29.2 Å². The predicted octanol–water partition coefficient (Wildman–Crippen LogP) is 1.72. The molecule has 0 saturated carbocycles. The highest BCUT2D eigenvalue weighted by molar-refractivity contribution is 7.86. The molecule has 2 unspecified atom stereocenters. The van der Waals surface area contributed by atoms with Gasteiger partial charge in [-0.05, 0) is 56.8 Å². The molecule has 4 atom stereocenters. The molecule has 1 aliphatic heterocycles. The molecule has 1 aromatic heterocycles. The number of aromatic nitrogens is 1. The quantitative estimate of drug-likeness (QED) is 0.304. The van der Waals surface area contributed by atoms with Crippen LogP contribution < -0.4 is 10.7 Å². The van der Waals surface area contributed by atoms with E-state index in [4.69, 9.17) is 8.92 Å². The molecule has 0 spiro atoms. The Labute approximate surface area is 205 Å². The van der Waals surface area contributed by atoms with E-state index in [-0.39, 0.29) is 23.8 Å². The molecule has 2 heterocycles. The van der Waals surface area contributed by atoms with E-state index >= 15 is 0 Å². The van der Waals surface area contributed by atoms with Crippen LogP contribution in [0, 0.1) is 5.92 Å². The van der Waals surface area contributed by atoms with Gasteiger partial charge in [-0.2, -0.15) is 8.42 Å². The molecule has 0 radical (unpaired) electrons.